The molecule has 9 nitrogen and oxygen atoms in total. The maximum atomic E-state index is 12.7. The third kappa shape index (κ3) is 2.01. The second kappa shape index (κ2) is 5.38. The fourth-order valence-corrected chi connectivity index (χ4v) is 3.95. The molecule has 24 heavy (non-hydrogen) atoms. The summed E-state index contributed by atoms with van der Waals surface area (Å²) in [7, 11) is 1.65. The molecule has 2 atom stereocenters. The number of rotatable bonds is 2. The van der Waals surface area contributed by atoms with Gasteiger partial charge in [0.25, 0.3) is 17.2 Å². The molecule has 0 unspecified atom stereocenters. The predicted molar refractivity (Wildman–Crippen MR) is 82.6 cm³/mol. The number of H-pyrrole nitrogens is 1. The number of hydrogen-bond acceptors (Lipinski definition) is 6. The van der Waals surface area contributed by atoms with Gasteiger partial charge in [-0.05, 0) is 12.8 Å². The van der Waals surface area contributed by atoms with Crippen LogP contribution in [0.2, 0.25) is 0 Å². The first-order valence-corrected chi connectivity index (χ1v) is 7.98. The number of aliphatic hydroxyl groups excluding tert-OH is 1. The van der Waals surface area contributed by atoms with Crippen LogP contribution in [0, 0.1) is 5.41 Å². The van der Waals surface area contributed by atoms with Crippen LogP contribution in [-0.4, -0.2) is 67.9 Å². The highest BCUT2D eigenvalue weighted by Gasteiger charge is 2.56. The first kappa shape index (κ1) is 15.3. The van der Waals surface area contributed by atoms with Crippen LogP contribution in [0.15, 0.2) is 17.3 Å². The number of ether oxygens (including phenoxy) is 1. The molecule has 1 amide bonds. The Bertz CT molecular complexity index is 836. The number of nitrogens with zero attached hydrogens (tertiary/aromatic N) is 4. The molecule has 4 rings (SSSR count). The van der Waals surface area contributed by atoms with Crippen LogP contribution in [-0.2, 0) is 4.74 Å². The number of hydrogen-bond donors (Lipinski definition) is 2. The molecule has 1 saturated carbocycles. The van der Waals surface area contributed by atoms with Crippen LogP contribution < -0.4 is 5.56 Å². The van der Waals surface area contributed by atoms with E-state index in [2.05, 4.69) is 15.1 Å². The van der Waals surface area contributed by atoms with E-state index < -0.39 is 5.56 Å². The molecule has 3 heterocycles. The van der Waals surface area contributed by atoms with E-state index in [4.69, 9.17) is 4.74 Å². The first-order chi connectivity index (χ1) is 11.6. The zero-order valence-corrected chi connectivity index (χ0v) is 13.3. The quantitative estimate of drug-likeness (QED) is 0.760. The molecule has 2 N–H and O–H groups in total. The number of aromatic nitrogens is 4. The van der Waals surface area contributed by atoms with Gasteiger partial charge < -0.3 is 14.7 Å². The predicted octanol–water partition coefficient (Wildman–Crippen LogP) is -0.580. The average molecular weight is 333 g/mol. The highest BCUT2D eigenvalue weighted by Crippen LogP contribution is 2.50. The van der Waals surface area contributed by atoms with Crippen molar-refractivity contribution in [1.82, 2.24) is 24.5 Å². The molecule has 1 aliphatic carbocycles. The minimum absolute atomic E-state index is 0.0187. The molecule has 1 aliphatic heterocycles. The largest absolute Gasteiger partial charge is 0.392 e. The van der Waals surface area contributed by atoms with Crippen LogP contribution in [0.25, 0.3) is 5.78 Å². The number of aromatic amines is 1. The summed E-state index contributed by atoms with van der Waals surface area (Å²) in [4.78, 5) is 34.6. The highest BCUT2D eigenvalue weighted by atomic mass is 16.5. The number of carbonyl (C=O) groups is 1. The Balaban J connectivity index is 1.54. The molecule has 2 aliphatic rings. The van der Waals surface area contributed by atoms with Gasteiger partial charge in [-0.2, -0.15) is 4.52 Å². The normalized spacial score (nSPS) is 25.8. The maximum Gasteiger partial charge on any atom is 0.286 e. The second-order valence-corrected chi connectivity index (χ2v) is 6.50. The van der Waals surface area contributed by atoms with Gasteiger partial charge in [0.1, 0.15) is 11.9 Å². The van der Waals surface area contributed by atoms with Gasteiger partial charge >= 0.3 is 0 Å². The van der Waals surface area contributed by atoms with E-state index in [-0.39, 0.29) is 34.9 Å². The number of piperidine rings is 1. The van der Waals surface area contributed by atoms with Crippen molar-refractivity contribution in [3.05, 3.63) is 28.4 Å². The first-order valence-electron chi connectivity index (χ1n) is 7.98. The van der Waals surface area contributed by atoms with Crippen LogP contribution >= 0.6 is 0 Å². The Morgan fingerprint density at radius 1 is 1.42 bits per heavy atom. The topological polar surface area (TPSA) is 113 Å². The molecular weight excluding hydrogens is 314 g/mol. The Hall–Kier alpha value is -2.26. The Morgan fingerprint density at radius 2 is 2.17 bits per heavy atom. The summed E-state index contributed by atoms with van der Waals surface area (Å²) in [5.41, 5.74) is -0.696. The standard InChI is InChI=1S/C15H19N5O4/c1-24-11-6-10(21)15(11)2-4-19(5-3-15)12(22)9-7-16-14-17-8-18-20(14)13(9)23/h7-8,10-11,21H,2-6H2,1H3,(H,16,17,18)/t10-,11+/m0/s1. The van der Waals surface area contributed by atoms with E-state index >= 15 is 0 Å². The summed E-state index contributed by atoms with van der Waals surface area (Å²) in [6.07, 6.45) is 4.27. The number of carbonyl (C=O) groups excluding carboxylic acids is 1. The lowest BCUT2D eigenvalue weighted by Gasteiger charge is -2.56. The van der Waals surface area contributed by atoms with Crippen molar-refractivity contribution in [2.75, 3.05) is 20.2 Å². The van der Waals surface area contributed by atoms with E-state index in [9.17, 15) is 14.7 Å². The number of methoxy groups -OCH3 is 1. The number of likely N-dealkylation sites (tertiary alicyclic amines) is 1. The Kier molecular flexibility index (Phi) is 3.43. The SMILES string of the molecule is CO[C@@H]1C[C@H](O)C12CCN(C(=O)c1cnc3nc[nH]n3c1=O)CC2. The molecule has 2 aromatic heterocycles. The number of nitrogens with one attached hydrogen (secondary N) is 1. The molecule has 1 saturated heterocycles. The average Bonchev–Trinajstić information content (AvgIpc) is 3.09. The van der Waals surface area contributed by atoms with Gasteiger partial charge in [-0.15, -0.1) is 0 Å². The van der Waals surface area contributed by atoms with Crippen molar-refractivity contribution in [2.24, 2.45) is 5.41 Å². The van der Waals surface area contributed by atoms with E-state index in [1.807, 2.05) is 0 Å². The lowest BCUT2D eigenvalue weighted by molar-refractivity contribution is -0.199. The summed E-state index contributed by atoms with van der Waals surface area (Å²) in [6.45, 7) is 0.974. The summed E-state index contributed by atoms with van der Waals surface area (Å²) < 4.78 is 6.60. The van der Waals surface area contributed by atoms with Crippen molar-refractivity contribution >= 4 is 11.7 Å². The minimum Gasteiger partial charge on any atom is -0.392 e. The molecule has 128 valence electrons. The molecule has 1 spiro atoms. The van der Waals surface area contributed by atoms with Gasteiger partial charge in [0.05, 0.1) is 12.2 Å². The summed E-state index contributed by atoms with van der Waals surface area (Å²) >= 11 is 0. The van der Waals surface area contributed by atoms with Gasteiger partial charge in [-0.25, -0.2) is 9.97 Å². The Morgan fingerprint density at radius 3 is 2.83 bits per heavy atom. The lowest BCUT2D eigenvalue weighted by atomic mass is 9.58. The van der Waals surface area contributed by atoms with Crippen LogP contribution in [0.5, 0.6) is 0 Å². The summed E-state index contributed by atoms with van der Waals surface area (Å²) in [5, 5.41) is 12.8. The van der Waals surface area contributed by atoms with Gasteiger partial charge in [-0.3, -0.25) is 14.7 Å². The van der Waals surface area contributed by atoms with Crippen molar-refractivity contribution in [1.29, 1.82) is 0 Å². The van der Waals surface area contributed by atoms with Crippen molar-refractivity contribution < 1.29 is 14.6 Å². The number of aliphatic hydroxyl groups is 1. The molecule has 9 heteroatoms. The maximum absolute atomic E-state index is 12.7. The molecule has 2 fully saturated rings. The molecule has 0 aromatic carbocycles. The van der Waals surface area contributed by atoms with E-state index in [0.717, 1.165) is 4.52 Å². The van der Waals surface area contributed by atoms with Crippen molar-refractivity contribution in [2.45, 2.75) is 31.5 Å². The third-order valence-electron chi connectivity index (χ3n) is 5.55. The number of fused-ring (bicyclic) bond motifs is 1. The molecule has 2 aromatic rings. The molecule has 0 radical (unpaired) electrons. The smallest absolute Gasteiger partial charge is 0.286 e. The lowest BCUT2D eigenvalue weighted by Crippen LogP contribution is -2.62. The van der Waals surface area contributed by atoms with Gasteiger partial charge in [-0.1, -0.05) is 0 Å². The van der Waals surface area contributed by atoms with Gasteiger partial charge in [0.15, 0.2) is 0 Å². The highest BCUT2D eigenvalue weighted by molar-refractivity contribution is 5.93. The molecule has 0 bridgehead atoms. The second-order valence-electron chi connectivity index (χ2n) is 6.50. The van der Waals surface area contributed by atoms with Gasteiger partial charge in [0, 0.05) is 38.2 Å². The van der Waals surface area contributed by atoms with E-state index in [0.29, 0.717) is 32.4 Å². The fourth-order valence-electron chi connectivity index (χ4n) is 3.95. The van der Waals surface area contributed by atoms with Crippen molar-refractivity contribution in [3.8, 4) is 0 Å². The third-order valence-corrected chi connectivity index (χ3v) is 5.55. The minimum atomic E-state index is -0.457. The van der Waals surface area contributed by atoms with E-state index in [1.54, 1.807) is 12.0 Å². The Labute approximate surface area is 137 Å². The molecular formula is C15H19N5O4. The van der Waals surface area contributed by atoms with Crippen LogP contribution in [0.1, 0.15) is 29.6 Å². The number of amides is 1. The zero-order valence-electron chi connectivity index (χ0n) is 13.3. The van der Waals surface area contributed by atoms with E-state index in [1.165, 1.54) is 12.5 Å². The van der Waals surface area contributed by atoms with Crippen LogP contribution in [0.4, 0.5) is 0 Å². The van der Waals surface area contributed by atoms with Crippen molar-refractivity contribution in [3.63, 3.8) is 0 Å². The fraction of sp³-hybridized carbons (Fsp3) is 0.600. The summed E-state index contributed by atoms with van der Waals surface area (Å²) in [6, 6.07) is 0. The summed E-state index contributed by atoms with van der Waals surface area (Å²) in [5.74, 6) is -0.108. The zero-order chi connectivity index (χ0) is 16.9. The van der Waals surface area contributed by atoms with Crippen LogP contribution in [0.3, 0.4) is 0 Å². The van der Waals surface area contributed by atoms with Gasteiger partial charge in [0.2, 0.25) is 0 Å². The monoisotopic (exact) mass is 333 g/mol.